The minimum absolute atomic E-state index is 0.196. The minimum Gasteiger partial charge on any atom is -0.481 e. The van der Waals surface area contributed by atoms with Gasteiger partial charge >= 0.3 is 5.97 Å². The van der Waals surface area contributed by atoms with Crippen molar-refractivity contribution in [1.82, 2.24) is 4.90 Å². The lowest BCUT2D eigenvalue weighted by Crippen LogP contribution is -2.43. The summed E-state index contributed by atoms with van der Waals surface area (Å²) in [6.07, 6.45) is 9.45. The number of carboxylic acids is 1. The van der Waals surface area contributed by atoms with Crippen LogP contribution in [0.25, 0.3) is 0 Å². The average Bonchev–Trinajstić information content (AvgIpc) is 2.38. The Kier molecular flexibility index (Phi) is 5.23. The average molecular weight is 267 g/mol. The molecule has 1 N–H and O–H groups in total. The van der Waals surface area contributed by atoms with Crippen molar-refractivity contribution in [2.45, 2.75) is 57.8 Å². The Hall–Kier alpha value is -1.06. The Morgan fingerprint density at radius 1 is 0.789 bits per heavy atom. The number of carboxylic acid groups (broad SMARTS) is 1. The van der Waals surface area contributed by atoms with Gasteiger partial charge in [0, 0.05) is 19.0 Å². The molecule has 0 bridgehead atoms. The topological polar surface area (TPSA) is 57.6 Å². The van der Waals surface area contributed by atoms with Gasteiger partial charge in [0.15, 0.2) is 0 Å². The summed E-state index contributed by atoms with van der Waals surface area (Å²) in [4.78, 5) is 25.3. The molecule has 1 aliphatic carbocycles. The minimum atomic E-state index is -0.710. The summed E-state index contributed by atoms with van der Waals surface area (Å²) >= 11 is 0. The number of carbonyl (C=O) groups excluding carboxylic acids is 1. The van der Waals surface area contributed by atoms with Crippen molar-refractivity contribution in [2.75, 3.05) is 13.1 Å². The molecule has 0 unspecified atom stereocenters. The third kappa shape index (κ3) is 3.95. The molecule has 19 heavy (non-hydrogen) atoms. The lowest BCUT2D eigenvalue weighted by molar-refractivity contribution is -0.147. The molecular formula is C15H25NO3. The first-order valence-electron chi connectivity index (χ1n) is 7.70. The molecule has 0 aromatic heterocycles. The fraction of sp³-hybridized carbons (Fsp3) is 0.867. The van der Waals surface area contributed by atoms with E-state index in [-0.39, 0.29) is 17.7 Å². The van der Waals surface area contributed by atoms with Crippen LogP contribution in [0.1, 0.15) is 57.8 Å². The van der Waals surface area contributed by atoms with Crippen LogP contribution in [0.5, 0.6) is 0 Å². The fourth-order valence-corrected chi connectivity index (χ4v) is 3.31. The van der Waals surface area contributed by atoms with Crippen LogP contribution in [0.3, 0.4) is 0 Å². The van der Waals surface area contributed by atoms with E-state index in [1.807, 2.05) is 4.90 Å². The largest absolute Gasteiger partial charge is 0.481 e. The van der Waals surface area contributed by atoms with E-state index in [9.17, 15) is 9.59 Å². The molecule has 4 heteroatoms. The highest BCUT2D eigenvalue weighted by Crippen LogP contribution is 2.26. The van der Waals surface area contributed by atoms with Crippen molar-refractivity contribution in [3.8, 4) is 0 Å². The summed E-state index contributed by atoms with van der Waals surface area (Å²) in [7, 11) is 0. The highest BCUT2D eigenvalue weighted by molar-refractivity contribution is 5.79. The summed E-state index contributed by atoms with van der Waals surface area (Å²) in [5, 5.41) is 8.98. The molecule has 2 aliphatic rings. The number of piperidine rings is 1. The predicted molar refractivity (Wildman–Crippen MR) is 72.7 cm³/mol. The van der Waals surface area contributed by atoms with Crippen molar-refractivity contribution in [1.29, 1.82) is 0 Å². The van der Waals surface area contributed by atoms with Crippen LogP contribution in [0, 0.1) is 11.8 Å². The highest BCUT2D eigenvalue weighted by Gasteiger charge is 2.30. The Labute approximate surface area is 115 Å². The molecule has 0 spiro atoms. The monoisotopic (exact) mass is 267 g/mol. The molecule has 1 aliphatic heterocycles. The lowest BCUT2D eigenvalue weighted by Gasteiger charge is -2.33. The van der Waals surface area contributed by atoms with Gasteiger partial charge in [0.2, 0.25) is 5.91 Å². The third-order valence-electron chi connectivity index (χ3n) is 4.61. The van der Waals surface area contributed by atoms with Crippen LogP contribution in [-0.4, -0.2) is 35.0 Å². The van der Waals surface area contributed by atoms with Gasteiger partial charge in [0.1, 0.15) is 0 Å². The molecule has 0 aromatic rings. The van der Waals surface area contributed by atoms with Crippen LogP contribution in [-0.2, 0) is 9.59 Å². The summed E-state index contributed by atoms with van der Waals surface area (Å²) in [5.74, 6) is -0.480. The number of nitrogens with zero attached hydrogens (tertiary/aromatic N) is 1. The van der Waals surface area contributed by atoms with Gasteiger partial charge in [-0.05, 0) is 25.7 Å². The molecule has 2 fully saturated rings. The van der Waals surface area contributed by atoms with Gasteiger partial charge in [-0.1, -0.05) is 32.1 Å². The molecule has 0 radical (unpaired) electrons. The number of likely N-dealkylation sites (tertiary alicyclic amines) is 1. The molecule has 0 atom stereocenters. The molecule has 108 valence electrons. The van der Waals surface area contributed by atoms with Crippen LogP contribution in [0.15, 0.2) is 0 Å². The molecule has 2 rings (SSSR count). The summed E-state index contributed by atoms with van der Waals surface area (Å²) < 4.78 is 0. The van der Waals surface area contributed by atoms with E-state index in [1.165, 1.54) is 32.1 Å². The second-order valence-corrected chi connectivity index (χ2v) is 5.98. The highest BCUT2D eigenvalue weighted by atomic mass is 16.4. The van der Waals surface area contributed by atoms with Gasteiger partial charge in [0.25, 0.3) is 0 Å². The Bertz CT molecular complexity index is 313. The molecular weight excluding hydrogens is 242 g/mol. The number of aliphatic carboxylic acids is 1. The van der Waals surface area contributed by atoms with Crippen molar-refractivity contribution < 1.29 is 14.7 Å². The molecule has 1 saturated carbocycles. The standard InChI is InChI=1S/C15H25NO3/c17-14(12-6-4-2-1-3-5-7-12)16-10-8-13(9-11-16)15(18)19/h12-13H,1-11H2,(H,18,19). The summed E-state index contributed by atoms with van der Waals surface area (Å²) in [6, 6.07) is 0. The van der Waals surface area contributed by atoms with Gasteiger partial charge in [0.05, 0.1) is 5.92 Å². The van der Waals surface area contributed by atoms with Crippen LogP contribution in [0.4, 0.5) is 0 Å². The molecule has 1 saturated heterocycles. The van der Waals surface area contributed by atoms with E-state index >= 15 is 0 Å². The zero-order chi connectivity index (χ0) is 13.7. The Balaban J connectivity index is 1.84. The number of hydrogen-bond acceptors (Lipinski definition) is 2. The number of amides is 1. The zero-order valence-corrected chi connectivity index (χ0v) is 11.6. The number of hydrogen-bond donors (Lipinski definition) is 1. The maximum atomic E-state index is 12.5. The number of carbonyl (C=O) groups is 2. The smallest absolute Gasteiger partial charge is 0.306 e. The summed E-state index contributed by atoms with van der Waals surface area (Å²) in [5.41, 5.74) is 0. The third-order valence-corrected chi connectivity index (χ3v) is 4.61. The van der Waals surface area contributed by atoms with Crippen molar-refractivity contribution in [3.05, 3.63) is 0 Å². The van der Waals surface area contributed by atoms with E-state index < -0.39 is 5.97 Å². The fourth-order valence-electron chi connectivity index (χ4n) is 3.31. The van der Waals surface area contributed by atoms with Gasteiger partial charge in [-0.3, -0.25) is 9.59 Å². The summed E-state index contributed by atoms with van der Waals surface area (Å²) in [6.45, 7) is 1.26. The first kappa shape index (κ1) is 14.4. The van der Waals surface area contributed by atoms with Crippen LogP contribution < -0.4 is 0 Å². The van der Waals surface area contributed by atoms with Crippen LogP contribution in [0.2, 0.25) is 0 Å². The van der Waals surface area contributed by atoms with Crippen molar-refractivity contribution in [2.24, 2.45) is 11.8 Å². The van der Waals surface area contributed by atoms with Gasteiger partial charge in [-0.2, -0.15) is 0 Å². The van der Waals surface area contributed by atoms with Crippen LogP contribution >= 0.6 is 0 Å². The van der Waals surface area contributed by atoms with E-state index in [1.54, 1.807) is 0 Å². The normalized spacial score (nSPS) is 23.7. The molecule has 4 nitrogen and oxygen atoms in total. The van der Waals surface area contributed by atoms with E-state index in [2.05, 4.69) is 0 Å². The lowest BCUT2D eigenvalue weighted by atomic mass is 9.89. The number of rotatable bonds is 2. The first-order valence-corrected chi connectivity index (χ1v) is 7.70. The predicted octanol–water partition coefficient (Wildman–Crippen LogP) is 2.67. The van der Waals surface area contributed by atoms with Gasteiger partial charge < -0.3 is 10.0 Å². The Morgan fingerprint density at radius 3 is 1.84 bits per heavy atom. The van der Waals surface area contributed by atoms with Gasteiger partial charge in [-0.15, -0.1) is 0 Å². The van der Waals surface area contributed by atoms with Crippen molar-refractivity contribution in [3.63, 3.8) is 0 Å². The van der Waals surface area contributed by atoms with Crippen molar-refractivity contribution >= 4 is 11.9 Å². The van der Waals surface area contributed by atoms with E-state index in [0.717, 1.165) is 12.8 Å². The molecule has 0 aromatic carbocycles. The second kappa shape index (κ2) is 6.92. The molecule has 1 amide bonds. The van der Waals surface area contributed by atoms with E-state index in [4.69, 9.17) is 5.11 Å². The van der Waals surface area contributed by atoms with Gasteiger partial charge in [-0.25, -0.2) is 0 Å². The second-order valence-electron chi connectivity index (χ2n) is 5.98. The zero-order valence-electron chi connectivity index (χ0n) is 11.6. The maximum Gasteiger partial charge on any atom is 0.306 e. The quantitative estimate of drug-likeness (QED) is 0.836. The first-order chi connectivity index (χ1) is 9.18. The van der Waals surface area contributed by atoms with E-state index in [0.29, 0.717) is 25.9 Å². The Morgan fingerprint density at radius 2 is 1.32 bits per heavy atom. The SMILES string of the molecule is O=C(O)C1CCN(C(=O)C2CCCCCCC2)CC1. The molecule has 1 heterocycles. The maximum absolute atomic E-state index is 12.5.